The lowest BCUT2D eigenvalue weighted by Crippen LogP contribution is -2.57. The molecule has 1 aliphatic rings. The molecule has 0 unspecified atom stereocenters. The molecule has 39 heavy (non-hydrogen) atoms. The fourth-order valence-corrected chi connectivity index (χ4v) is 4.08. The van der Waals surface area contributed by atoms with Crippen molar-refractivity contribution in [3.05, 3.63) is 0 Å². The standard InChI is InChI=1S/C25H43N7O7/c1-13(2)20(23(37)28-11-18(34)26-7)31-19(35)12-27-22(36)17-9-8-10-32(17)25(39)15(5)29-24(38)21(14(3)4)30-16(6)33/h13-15,17,20-21H,8-12H2,1-7H3,(H,26,34)(H,27,36)(H,28,37)(H,29,38)(H,30,33)(H,31,35)/t15-,17+,20-,21-/m0/s1. The number of carbonyl (C=O) groups is 7. The van der Waals surface area contributed by atoms with E-state index in [0.29, 0.717) is 19.4 Å². The zero-order valence-corrected chi connectivity index (χ0v) is 23.8. The molecule has 0 radical (unpaired) electrons. The summed E-state index contributed by atoms with van der Waals surface area (Å²) in [5.74, 6) is -3.87. The summed E-state index contributed by atoms with van der Waals surface area (Å²) in [5.41, 5.74) is 0. The molecule has 0 saturated carbocycles. The third kappa shape index (κ3) is 10.5. The van der Waals surface area contributed by atoms with E-state index in [9.17, 15) is 33.6 Å². The molecule has 14 heteroatoms. The molecule has 4 atom stereocenters. The van der Waals surface area contributed by atoms with Crippen LogP contribution >= 0.6 is 0 Å². The van der Waals surface area contributed by atoms with Crippen molar-refractivity contribution in [2.45, 2.75) is 78.6 Å². The molecule has 1 fully saturated rings. The Kier molecular flexibility index (Phi) is 13.4. The molecule has 1 aliphatic heterocycles. The first-order valence-corrected chi connectivity index (χ1v) is 13.1. The highest BCUT2D eigenvalue weighted by molar-refractivity contribution is 5.96. The van der Waals surface area contributed by atoms with Gasteiger partial charge in [-0.2, -0.15) is 0 Å². The van der Waals surface area contributed by atoms with E-state index in [0.717, 1.165) is 0 Å². The maximum Gasteiger partial charge on any atom is 0.245 e. The van der Waals surface area contributed by atoms with E-state index < -0.39 is 60.2 Å². The predicted octanol–water partition coefficient (Wildman–Crippen LogP) is -2.24. The minimum atomic E-state index is -0.940. The maximum atomic E-state index is 13.1. The monoisotopic (exact) mass is 553 g/mol. The van der Waals surface area contributed by atoms with Crippen LogP contribution in [0.1, 0.15) is 54.4 Å². The van der Waals surface area contributed by atoms with Gasteiger partial charge in [0.2, 0.25) is 41.4 Å². The Balaban J connectivity index is 2.71. The van der Waals surface area contributed by atoms with Gasteiger partial charge in [-0.05, 0) is 31.6 Å². The Morgan fingerprint density at radius 2 is 1.33 bits per heavy atom. The number of hydrogen-bond acceptors (Lipinski definition) is 7. The van der Waals surface area contributed by atoms with E-state index in [1.165, 1.54) is 25.8 Å². The van der Waals surface area contributed by atoms with Crippen molar-refractivity contribution in [1.29, 1.82) is 0 Å². The third-order valence-electron chi connectivity index (χ3n) is 6.27. The number of carbonyl (C=O) groups excluding carboxylic acids is 7. The van der Waals surface area contributed by atoms with Crippen LogP contribution in [0.15, 0.2) is 0 Å². The second-order valence-corrected chi connectivity index (χ2v) is 10.2. The van der Waals surface area contributed by atoms with E-state index in [4.69, 9.17) is 0 Å². The summed E-state index contributed by atoms with van der Waals surface area (Å²) in [6.07, 6.45) is 0.953. The predicted molar refractivity (Wildman–Crippen MR) is 142 cm³/mol. The van der Waals surface area contributed by atoms with Crippen molar-refractivity contribution in [2.75, 3.05) is 26.7 Å². The number of hydrogen-bond donors (Lipinski definition) is 6. The van der Waals surface area contributed by atoms with Crippen LogP contribution in [0.2, 0.25) is 0 Å². The van der Waals surface area contributed by atoms with Crippen LogP contribution in [0.5, 0.6) is 0 Å². The topological polar surface area (TPSA) is 195 Å². The van der Waals surface area contributed by atoms with Gasteiger partial charge in [0.15, 0.2) is 0 Å². The smallest absolute Gasteiger partial charge is 0.245 e. The van der Waals surface area contributed by atoms with Crippen LogP contribution < -0.4 is 31.9 Å². The van der Waals surface area contributed by atoms with Gasteiger partial charge in [-0.3, -0.25) is 33.6 Å². The molecule has 0 aromatic rings. The van der Waals surface area contributed by atoms with Crippen LogP contribution in [-0.4, -0.2) is 97.1 Å². The Hall–Kier alpha value is -3.71. The van der Waals surface area contributed by atoms with Crippen LogP contribution in [0, 0.1) is 11.8 Å². The summed E-state index contributed by atoms with van der Waals surface area (Å²) >= 11 is 0. The average molecular weight is 554 g/mol. The summed E-state index contributed by atoms with van der Waals surface area (Å²) in [4.78, 5) is 87.6. The van der Waals surface area contributed by atoms with Crippen molar-refractivity contribution in [1.82, 2.24) is 36.8 Å². The number of nitrogens with one attached hydrogen (secondary N) is 6. The maximum absolute atomic E-state index is 13.1. The molecular formula is C25H43N7O7. The molecule has 0 aliphatic carbocycles. The number of amides is 7. The average Bonchev–Trinajstić information content (AvgIpc) is 3.36. The molecule has 0 bridgehead atoms. The highest BCUT2D eigenvalue weighted by Crippen LogP contribution is 2.18. The van der Waals surface area contributed by atoms with E-state index >= 15 is 0 Å². The molecule has 6 N–H and O–H groups in total. The van der Waals surface area contributed by atoms with E-state index in [-0.39, 0.29) is 30.2 Å². The molecule has 14 nitrogen and oxygen atoms in total. The van der Waals surface area contributed by atoms with Gasteiger partial charge in [0.25, 0.3) is 0 Å². The van der Waals surface area contributed by atoms with Crippen molar-refractivity contribution in [3.8, 4) is 0 Å². The Morgan fingerprint density at radius 3 is 1.87 bits per heavy atom. The molecule has 1 heterocycles. The van der Waals surface area contributed by atoms with Crippen molar-refractivity contribution >= 4 is 41.4 Å². The van der Waals surface area contributed by atoms with Crippen molar-refractivity contribution in [3.63, 3.8) is 0 Å². The highest BCUT2D eigenvalue weighted by Gasteiger charge is 2.37. The van der Waals surface area contributed by atoms with Crippen molar-refractivity contribution in [2.24, 2.45) is 11.8 Å². The fraction of sp³-hybridized carbons (Fsp3) is 0.720. The number of nitrogens with zero attached hydrogens (tertiary/aromatic N) is 1. The molecule has 1 rings (SSSR count). The Labute approximate surface area is 229 Å². The highest BCUT2D eigenvalue weighted by atomic mass is 16.2. The van der Waals surface area contributed by atoms with Crippen LogP contribution in [0.3, 0.4) is 0 Å². The summed E-state index contributed by atoms with van der Waals surface area (Å²) < 4.78 is 0. The SMILES string of the molecule is CNC(=O)CNC(=O)[C@@H](NC(=O)CNC(=O)[C@H]1CCCN1C(=O)[C@H](C)NC(=O)[C@@H](NC(C)=O)C(C)C)C(C)C. The minimum Gasteiger partial charge on any atom is -0.358 e. The lowest BCUT2D eigenvalue weighted by Gasteiger charge is -2.29. The van der Waals surface area contributed by atoms with E-state index in [1.54, 1.807) is 27.7 Å². The van der Waals surface area contributed by atoms with Gasteiger partial charge < -0.3 is 36.8 Å². The first-order chi connectivity index (χ1) is 18.2. The van der Waals surface area contributed by atoms with Crippen molar-refractivity contribution < 1.29 is 33.6 Å². The largest absolute Gasteiger partial charge is 0.358 e. The normalized spacial score (nSPS) is 17.1. The number of likely N-dealkylation sites (N-methyl/N-ethyl adjacent to an activating group) is 1. The van der Waals surface area contributed by atoms with Gasteiger partial charge in [-0.25, -0.2) is 0 Å². The van der Waals surface area contributed by atoms with Crippen LogP contribution in [0.4, 0.5) is 0 Å². The second kappa shape index (κ2) is 15.6. The van der Waals surface area contributed by atoms with E-state index in [1.807, 2.05) is 0 Å². The Morgan fingerprint density at radius 1 is 0.769 bits per heavy atom. The summed E-state index contributed by atoms with van der Waals surface area (Å²) in [5, 5.41) is 15.1. The first-order valence-electron chi connectivity index (χ1n) is 13.1. The molecule has 1 saturated heterocycles. The molecule has 220 valence electrons. The molecule has 7 amide bonds. The summed E-state index contributed by atoms with van der Waals surface area (Å²) in [6, 6.07) is -3.49. The van der Waals surface area contributed by atoms with Gasteiger partial charge in [-0.15, -0.1) is 0 Å². The van der Waals surface area contributed by atoms with Gasteiger partial charge in [-0.1, -0.05) is 27.7 Å². The second-order valence-electron chi connectivity index (χ2n) is 10.2. The van der Waals surface area contributed by atoms with Gasteiger partial charge in [0.1, 0.15) is 24.2 Å². The lowest BCUT2D eigenvalue weighted by molar-refractivity contribution is -0.141. The molecule has 0 spiro atoms. The molecule has 0 aromatic carbocycles. The quantitative estimate of drug-likeness (QED) is 0.148. The Bertz CT molecular complexity index is 938. The summed E-state index contributed by atoms with van der Waals surface area (Å²) in [7, 11) is 1.44. The van der Waals surface area contributed by atoms with Gasteiger partial charge in [0, 0.05) is 20.5 Å². The van der Waals surface area contributed by atoms with Crippen LogP contribution in [-0.2, 0) is 33.6 Å². The lowest BCUT2D eigenvalue weighted by atomic mass is 10.0. The zero-order valence-electron chi connectivity index (χ0n) is 23.8. The number of rotatable bonds is 13. The number of likely N-dealkylation sites (tertiary alicyclic amines) is 1. The first kappa shape index (κ1) is 33.3. The zero-order chi connectivity index (χ0) is 29.9. The summed E-state index contributed by atoms with van der Waals surface area (Å²) in [6.45, 7) is 9.46. The van der Waals surface area contributed by atoms with Crippen LogP contribution in [0.25, 0.3) is 0 Å². The van der Waals surface area contributed by atoms with Gasteiger partial charge >= 0.3 is 0 Å². The fourth-order valence-electron chi connectivity index (χ4n) is 4.08. The minimum absolute atomic E-state index is 0.204. The van der Waals surface area contributed by atoms with E-state index in [2.05, 4.69) is 31.9 Å². The molecule has 0 aromatic heterocycles. The van der Waals surface area contributed by atoms with Gasteiger partial charge in [0.05, 0.1) is 13.1 Å². The third-order valence-corrected chi connectivity index (χ3v) is 6.27. The molecular weight excluding hydrogens is 510 g/mol.